The van der Waals surface area contributed by atoms with E-state index < -0.39 is 36.3 Å². The molecule has 0 aromatic heterocycles. The Morgan fingerprint density at radius 1 is 1.07 bits per heavy atom. The predicted molar refractivity (Wildman–Crippen MR) is 103 cm³/mol. The van der Waals surface area contributed by atoms with Crippen LogP contribution in [0.3, 0.4) is 0 Å². The number of nitro benzene ring substituents is 1. The zero-order chi connectivity index (χ0) is 20.6. The summed E-state index contributed by atoms with van der Waals surface area (Å²) >= 11 is 0. The van der Waals surface area contributed by atoms with Crippen LogP contribution in [0.15, 0.2) is 42.5 Å². The third kappa shape index (κ3) is 3.90. The molecule has 0 radical (unpaired) electrons. The van der Waals surface area contributed by atoms with Crippen LogP contribution in [0.25, 0.3) is 0 Å². The lowest BCUT2D eigenvalue weighted by Crippen LogP contribution is -2.58. The molecule has 8 heteroatoms. The first-order chi connectivity index (χ1) is 12.4. The fourth-order valence-corrected chi connectivity index (χ4v) is 4.66. The zero-order valence-electron chi connectivity index (χ0n) is 15.9. The van der Waals surface area contributed by atoms with Gasteiger partial charge < -0.3 is 4.57 Å². The molecule has 2 aromatic rings. The molecular weight excluding hydrogens is 370 g/mol. The number of carbonyl (C=O) groups is 1. The van der Waals surface area contributed by atoms with E-state index in [2.05, 4.69) is 0 Å². The Balaban J connectivity index is 2.73. The Labute approximate surface area is 157 Å². The minimum absolute atomic E-state index is 0.196. The summed E-state index contributed by atoms with van der Waals surface area (Å²) in [6.45, 7) is 9.60. The van der Waals surface area contributed by atoms with Gasteiger partial charge in [-0.15, -0.1) is 0 Å². The number of hydrogen-bond donors (Lipinski definition) is 0. The van der Waals surface area contributed by atoms with E-state index in [1.807, 2.05) is 33.9 Å². The molecule has 0 unspecified atom stereocenters. The standard InChI is InChI=1S/C19H22F2N2O3Si/c1-19(2,3)27(4,5)22(13-8-6-9-14(12-13)23(25)26)18(24)17-15(20)10-7-11-16(17)21/h6-12H,1-5H3. The van der Waals surface area contributed by atoms with E-state index in [4.69, 9.17) is 0 Å². The molecule has 0 bridgehead atoms. The fraction of sp³-hybridized carbons (Fsp3) is 0.316. The van der Waals surface area contributed by atoms with Gasteiger partial charge in [-0.25, -0.2) is 8.78 Å². The second-order valence-electron chi connectivity index (χ2n) is 7.82. The van der Waals surface area contributed by atoms with Gasteiger partial charge in [0.1, 0.15) is 17.2 Å². The summed E-state index contributed by atoms with van der Waals surface area (Å²) in [6.07, 6.45) is 0. The van der Waals surface area contributed by atoms with Crippen LogP contribution in [0.4, 0.5) is 20.2 Å². The Bertz CT molecular complexity index is 875. The molecule has 2 rings (SSSR count). The van der Waals surface area contributed by atoms with Gasteiger partial charge in [0.2, 0.25) is 0 Å². The summed E-state index contributed by atoms with van der Waals surface area (Å²) in [5.74, 6) is -2.76. The molecule has 27 heavy (non-hydrogen) atoms. The number of benzene rings is 2. The molecule has 0 aliphatic heterocycles. The Hall–Kier alpha value is -2.61. The second kappa shape index (κ2) is 7.19. The number of nitrogens with zero attached hydrogens (tertiary/aromatic N) is 2. The first kappa shape index (κ1) is 20.7. The van der Waals surface area contributed by atoms with Gasteiger partial charge in [0.25, 0.3) is 11.6 Å². The number of nitro groups is 1. The maximum Gasteiger partial charge on any atom is 0.271 e. The summed E-state index contributed by atoms with van der Waals surface area (Å²) in [7, 11) is -2.70. The normalized spacial score (nSPS) is 12.0. The largest absolute Gasteiger partial charge is 0.336 e. The Morgan fingerprint density at radius 3 is 2.07 bits per heavy atom. The molecule has 0 aliphatic carbocycles. The molecule has 0 fully saturated rings. The summed E-state index contributed by atoms with van der Waals surface area (Å²) in [4.78, 5) is 23.9. The molecule has 0 atom stereocenters. The van der Waals surface area contributed by atoms with Crippen LogP contribution in [0, 0.1) is 21.7 Å². The first-order valence-corrected chi connectivity index (χ1v) is 11.4. The van der Waals surface area contributed by atoms with Crippen molar-refractivity contribution in [1.82, 2.24) is 0 Å². The van der Waals surface area contributed by atoms with Crippen molar-refractivity contribution in [3.05, 3.63) is 69.8 Å². The molecule has 0 saturated heterocycles. The van der Waals surface area contributed by atoms with Crippen LogP contribution in [0.5, 0.6) is 0 Å². The van der Waals surface area contributed by atoms with Gasteiger partial charge in [0, 0.05) is 17.8 Å². The highest BCUT2D eigenvalue weighted by molar-refractivity contribution is 6.87. The van der Waals surface area contributed by atoms with Crippen LogP contribution in [0.1, 0.15) is 31.1 Å². The number of non-ortho nitro benzene ring substituents is 1. The molecule has 5 nitrogen and oxygen atoms in total. The van der Waals surface area contributed by atoms with Crippen LogP contribution < -0.4 is 4.57 Å². The van der Waals surface area contributed by atoms with E-state index in [0.717, 1.165) is 12.1 Å². The fourth-order valence-electron chi connectivity index (χ4n) is 2.59. The molecular formula is C19H22F2N2O3Si. The van der Waals surface area contributed by atoms with E-state index in [-0.39, 0.29) is 16.4 Å². The smallest absolute Gasteiger partial charge is 0.271 e. The molecule has 0 heterocycles. The van der Waals surface area contributed by atoms with Crippen molar-refractivity contribution in [3.63, 3.8) is 0 Å². The monoisotopic (exact) mass is 392 g/mol. The van der Waals surface area contributed by atoms with Crippen LogP contribution in [-0.4, -0.2) is 19.1 Å². The van der Waals surface area contributed by atoms with Crippen molar-refractivity contribution < 1.29 is 18.5 Å². The molecule has 0 saturated carbocycles. The molecule has 0 aliphatic rings. The second-order valence-corrected chi connectivity index (χ2v) is 12.9. The van der Waals surface area contributed by atoms with Crippen molar-refractivity contribution >= 4 is 25.5 Å². The lowest BCUT2D eigenvalue weighted by molar-refractivity contribution is -0.384. The lowest BCUT2D eigenvalue weighted by atomic mass is 10.1. The number of rotatable bonds is 4. The number of carbonyl (C=O) groups excluding carboxylic acids is 1. The average molecular weight is 392 g/mol. The minimum atomic E-state index is -2.70. The van der Waals surface area contributed by atoms with Crippen LogP contribution >= 0.6 is 0 Å². The van der Waals surface area contributed by atoms with E-state index in [1.54, 1.807) is 6.07 Å². The Morgan fingerprint density at radius 2 is 1.59 bits per heavy atom. The van der Waals surface area contributed by atoms with Crippen molar-refractivity contribution in [1.29, 1.82) is 0 Å². The van der Waals surface area contributed by atoms with E-state index in [0.29, 0.717) is 0 Å². The molecule has 0 spiro atoms. The van der Waals surface area contributed by atoms with E-state index >= 15 is 0 Å². The summed E-state index contributed by atoms with van der Waals surface area (Å²) < 4.78 is 29.9. The summed E-state index contributed by atoms with van der Waals surface area (Å²) in [6, 6.07) is 8.80. The number of amides is 1. The third-order valence-electron chi connectivity index (χ3n) is 5.07. The SMILES string of the molecule is CC(C)(C)[Si](C)(C)N(C(=O)c1c(F)cccc1F)c1cccc([N+](=O)[O-])c1. The topological polar surface area (TPSA) is 63.5 Å². The zero-order valence-corrected chi connectivity index (χ0v) is 16.9. The van der Waals surface area contributed by atoms with Crippen molar-refractivity contribution in [2.75, 3.05) is 4.57 Å². The minimum Gasteiger partial charge on any atom is -0.336 e. The van der Waals surface area contributed by atoms with Crippen molar-refractivity contribution in [2.45, 2.75) is 38.9 Å². The third-order valence-corrected chi connectivity index (χ3v) is 10.3. The number of anilines is 1. The van der Waals surface area contributed by atoms with Gasteiger partial charge in [0.05, 0.1) is 4.92 Å². The summed E-state index contributed by atoms with van der Waals surface area (Å²) in [5.41, 5.74) is -0.602. The van der Waals surface area contributed by atoms with Crippen LogP contribution in [-0.2, 0) is 0 Å². The van der Waals surface area contributed by atoms with Gasteiger partial charge in [-0.1, -0.05) is 46.0 Å². The lowest BCUT2D eigenvalue weighted by Gasteiger charge is -2.45. The quantitative estimate of drug-likeness (QED) is 0.391. The van der Waals surface area contributed by atoms with Gasteiger partial charge in [-0.3, -0.25) is 14.9 Å². The van der Waals surface area contributed by atoms with Gasteiger partial charge in [-0.05, 0) is 23.2 Å². The molecule has 144 valence electrons. The van der Waals surface area contributed by atoms with Crippen LogP contribution in [0.2, 0.25) is 18.1 Å². The van der Waals surface area contributed by atoms with E-state index in [1.165, 1.54) is 28.8 Å². The highest BCUT2D eigenvalue weighted by atomic mass is 28.3. The molecule has 1 amide bonds. The maximum atomic E-state index is 14.3. The molecule has 0 N–H and O–H groups in total. The highest BCUT2D eigenvalue weighted by Gasteiger charge is 2.46. The van der Waals surface area contributed by atoms with Crippen molar-refractivity contribution in [3.8, 4) is 0 Å². The van der Waals surface area contributed by atoms with Gasteiger partial charge in [-0.2, -0.15) is 0 Å². The predicted octanol–water partition coefficient (Wildman–Crippen LogP) is 5.53. The maximum absolute atomic E-state index is 14.3. The number of hydrogen-bond acceptors (Lipinski definition) is 3. The number of halogens is 2. The van der Waals surface area contributed by atoms with E-state index in [9.17, 15) is 23.7 Å². The highest BCUT2D eigenvalue weighted by Crippen LogP contribution is 2.42. The van der Waals surface area contributed by atoms with Crippen molar-refractivity contribution in [2.24, 2.45) is 0 Å². The first-order valence-electron chi connectivity index (χ1n) is 8.41. The Kier molecular flexibility index (Phi) is 5.51. The van der Waals surface area contributed by atoms with Gasteiger partial charge in [0.15, 0.2) is 8.24 Å². The summed E-state index contributed by atoms with van der Waals surface area (Å²) in [5, 5.41) is 10.8. The van der Waals surface area contributed by atoms with Gasteiger partial charge >= 0.3 is 0 Å². The molecule has 2 aromatic carbocycles. The average Bonchev–Trinajstić information content (AvgIpc) is 2.53.